The van der Waals surface area contributed by atoms with Gasteiger partial charge in [0.2, 0.25) is 5.88 Å². The van der Waals surface area contributed by atoms with E-state index in [4.69, 9.17) is 9.47 Å². The van der Waals surface area contributed by atoms with Gasteiger partial charge in [-0.15, -0.1) is 0 Å². The molecule has 2 aliphatic heterocycles. The van der Waals surface area contributed by atoms with Crippen LogP contribution in [0.25, 0.3) is 5.57 Å². The maximum Gasteiger partial charge on any atom is 0.416 e. The van der Waals surface area contributed by atoms with Crippen molar-refractivity contribution in [2.45, 2.75) is 37.1 Å². The molecule has 1 unspecified atom stereocenters. The van der Waals surface area contributed by atoms with Crippen molar-refractivity contribution in [2.24, 2.45) is 0 Å². The molecule has 0 bridgehead atoms. The Morgan fingerprint density at radius 3 is 2.65 bits per heavy atom. The van der Waals surface area contributed by atoms with Crippen molar-refractivity contribution in [1.29, 1.82) is 0 Å². The van der Waals surface area contributed by atoms with Crippen LogP contribution in [0.5, 0.6) is 5.88 Å². The van der Waals surface area contributed by atoms with Gasteiger partial charge in [0.1, 0.15) is 11.9 Å². The van der Waals surface area contributed by atoms with E-state index < -0.39 is 17.3 Å². The zero-order valence-electron chi connectivity index (χ0n) is 20.5. The van der Waals surface area contributed by atoms with Crippen LogP contribution >= 0.6 is 0 Å². The highest BCUT2D eigenvalue weighted by Crippen LogP contribution is 2.38. The fourth-order valence-corrected chi connectivity index (χ4v) is 5.05. The maximum absolute atomic E-state index is 12.9. The van der Waals surface area contributed by atoms with E-state index in [9.17, 15) is 18.3 Å². The normalized spacial score (nSPS) is 22.4. The zero-order valence-corrected chi connectivity index (χ0v) is 20.5. The third-order valence-electron chi connectivity index (χ3n) is 7.22. The van der Waals surface area contributed by atoms with E-state index in [1.165, 1.54) is 12.1 Å². The lowest BCUT2D eigenvalue weighted by Gasteiger charge is -2.38. The smallest absolute Gasteiger partial charge is 0.416 e. The van der Waals surface area contributed by atoms with Crippen molar-refractivity contribution >= 4 is 5.57 Å². The number of pyridine rings is 1. The molecule has 2 aromatic rings. The van der Waals surface area contributed by atoms with Crippen LogP contribution in [0.2, 0.25) is 0 Å². The predicted molar refractivity (Wildman–Crippen MR) is 135 cm³/mol. The molecule has 1 fully saturated rings. The minimum atomic E-state index is -4.38. The SMILES string of the molecule is COC1C=CC=C2Oc3ncccc3C(=CCCN3CCC(O)(c4ccc(C(F)(F)F)cc4)CC3)C=C21. The Labute approximate surface area is 214 Å². The molecule has 1 aromatic carbocycles. The number of aliphatic hydroxyl groups is 1. The quantitative estimate of drug-likeness (QED) is 0.564. The Morgan fingerprint density at radius 1 is 1.19 bits per heavy atom. The lowest BCUT2D eigenvalue weighted by molar-refractivity contribution is -0.137. The lowest BCUT2D eigenvalue weighted by Crippen LogP contribution is -2.42. The van der Waals surface area contributed by atoms with Gasteiger partial charge in [0.25, 0.3) is 0 Å². The van der Waals surface area contributed by atoms with Crippen LogP contribution in [0.1, 0.15) is 36.0 Å². The standard InChI is InChI=1S/C29H29F3N2O3/c1-36-25-7-2-8-26-24(25)19-20(23-6-3-15-33-27(23)37-26)5-4-16-34-17-13-28(35,14-18-34)21-9-11-22(12-10-21)29(30,31)32/h2-3,5-12,15,19,25,35H,4,13-14,16-18H2,1H3. The fourth-order valence-electron chi connectivity index (χ4n) is 5.05. The highest BCUT2D eigenvalue weighted by molar-refractivity contribution is 5.80. The van der Waals surface area contributed by atoms with Gasteiger partial charge in [0.05, 0.1) is 11.2 Å². The van der Waals surface area contributed by atoms with E-state index in [0.29, 0.717) is 37.4 Å². The molecule has 5 nitrogen and oxygen atoms in total. The van der Waals surface area contributed by atoms with E-state index in [2.05, 4.69) is 22.0 Å². The Morgan fingerprint density at radius 2 is 1.95 bits per heavy atom. The van der Waals surface area contributed by atoms with Crippen molar-refractivity contribution in [2.75, 3.05) is 26.7 Å². The second-order valence-electron chi connectivity index (χ2n) is 9.53. The number of halogens is 3. The van der Waals surface area contributed by atoms with Crippen LogP contribution in [0, 0.1) is 0 Å². The van der Waals surface area contributed by atoms with Gasteiger partial charge in [-0.1, -0.05) is 30.4 Å². The summed E-state index contributed by atoms with van der Waals surface area (Å²) in [5.74, 6) is 1.27. The summed E-state index contributed by atoms with van der Waals surface area (Å²) in [6.45, 7) is 2.11. The lowest BCUT2D eigenvalue weighted by atomic mass is 9.84. The number of likely N-dealkylation sites (tertiary alicyclic amines) is 1. The monoisotopic (exact) mass is 510 g/mol. The van der Waals surface area contributed by atoms with Gasteiger partial charge in [-0.05, 0) is 66.8 Å². The molecular formula is C29H29F3N2O3. The van der Waals surface area contributed by atoms with Gasteiger partial charge in [-0.2, -0.15) is 13.2 Å². The third-order valence-corrected chi connectivity index (χ3v) is 7.22. The van der Waals surface area contributed by atoms with Gasteiger partial charge in [-0.3, -0.25) is 0 Å². The minimum Gasteiger partial charge on any atom is -0.438 e. The number of methoxy groups -OCH3 is 1. The summed E-state index contributed by atoms with van der Waals surface area (Å²) in [7, 11) is 1.67. The minimum absolute atomic E-state index is 0.206. The molecule has 8 heteroatoms. The first-order valence-electron chi connectivity index (χ1n) is 12.4. The molecule has 1 atom stereocenters. The van der Waals surface area contributed by atoms with Crippen LogP contribution in [0.15, 0.2) is 84.3 Å². The number of nitrogens with zero attached hydrogens (tertiary/aromatic N) is 2. The number of benzene rings is 1. The molecule has 1 saturated heterocycles. The van der Waals surface area contributed by atoms with E-state index in [0.717, 1.165) is 47.6 Å². The summed E-state index contributed by atoms with van der Waals surface area (Å²) >= 11 is 0. The first-order valence-corrected chi connectivity index (χ1v) is 12.4. The van der Waals surface area contributed by atoms with Crippen molar-refractivity contribution < 1.29 is 27.8 Å². The molecule has 0 spiro atoms. The molecule has 0 saturated carbocycles. The highest BCUT2D eigenvalue weighted by atomic mass is 19.4. The Bertz CT molecular complexity index is 1250. The summed E-state index contributed by atoms with van der Waals surface area (Å²) < 4.78 is 50.4. The van der Waals surface area contributed by atoms with E-state index in [1.807, 2.05) is 30.4 Å². The van der Waals surface area contributed by atoms with Gasteiger partial charge in [0, 0.05) is 44.1 Å². The first kappa shape index (κ1) is 25.4. The number of ether oxygens (including phenoxy) is 2. The largest absolute Gasteiger partial charge is 0.438 e. The van der Waals surface area contributed by atoms with E-state index >= 15 is 0 Å². The number of hydrogen-bond donors (Lipinski definition) is 1. The van der Waals surface area contributed by atoms with Crippen LogP contribution < -0.4 is 4.74 Å². The van der Waals surface area contributed by atoms with Crippen LogP contribution in [-0.4, -0.2) is 47.8 Å². The van der Waals surface area contributed by atoms with Crippen molar-refractivity contribution in [3.05, 3.63) is 101 Å². The molecule has 5 rings (SSSR count). The number of rotatable bonds is 5. The third kappa shape index (κ3) is 5.42. The highest BCUT2D eigenvalue weighted by Gasteiger charge is 2.35. The summed E-state index contributed by atoms with van der Waals surface area (Å²) in [5.41, 5.74) is 1.58. The van der Waals surface area contributed by atoms with Crippen LogP contribution in [-0.2, 0) is 16.5 Å². The molecule has 0 amide bonds. The number of hydrogen-bond acceptors (Lipinski definition) is 5. The molecule has 3 heterocycles. The van der Waals surface area contributed by atoms with Gasteiger partial charge < -0.3 is 19.5 Å². The van der Waals surface area contributed by atoms with Crippen molar-refractivity contribution in [1.82, 2.24) is 9.88 Å². The average molecular weight is 511 g/mol. The molecular weight excluding hydrogens is 481 g/mol. The van der Waals surface area contributed by atoms with Gasteiger partial charge in [-0.25, -0.2) is 4.98 Å². The number of allylic oxidation sites excluding steroid dienone is 4. The van der Waals surface area contributed by atoms with Crippen molar-refractivity contribution in [3.8, 4) is 5.88 Å². The number of aromatic nitrogens is 1. The summed E-state index contributed by atoms with van der Waals surface area (Å²) in [6.07, 6.45) is 8.90. The maximum atomic E-state index is 12.9. The Balaban J connectivity index is 1.26. The van der Waals surface area contributed by atoms with Gasteiger partial charge >= 0.3 is 6.18 Å². The summed E-state index contributed by atoms with van der Waals surface area (Å²) in [6, 6.07) is 8.75. The fraction of sp³-hybridized carbons (Fsp3) is 0.345. The topological polar surface area (TPSA) is 54.8 Å². The molecule has 37 heavy (non-hydrogen) atoms. The number of fused-ring (bicyclic) bond motifs is 2. The second kappa shape index (κ2) is 10.3. The Hall–Kier alpha value is -3.20. The van der Waals surface area contributed by atoms with E-state index in [-0.39, 0.29) is 6.10 Å². The first-order chi connectivity index (χ1) is 17.8. The van der Waals surface area contributed by atoms with E-state index in [1.54, 1.807) is 13.3 Å². The number of piperidine rings is 1. The molecule has 3 aliphatic rings. The van der Waals surface area contributed by atoms with Crippen LogP contribution in [0.3, 0.4) is 0 Å². The van der Waals surface area contributed by atoms with Gasteiger partial charge in [0.15, 0.2) is 0 Å². The molecule has 194 valence electrons. The average Bonchev–Trinajstić information content (AvgIpc) is 3.06. The molecule has 0 radical (unpaired) electrons. The second-order valence-corrected chi connectivity index (χ2v) is 9.53. The molecule has 1 N–H and O–H groups in total. The molecule has 1 aromatic heterocycles. The summed E-state index contributed by atoms with van der Waals surface area (Å²) in [5, 5.41) is 11.1. The Kier molecular flexibility index (Phi) is 7.07. The van der Waals surface area contributed by atoms with Crippen molar-refractivity contribution in [3.63, 3.8) is 0 Å². The predicted octanol–water partition coefficient (Wildman–Crippen LogP) is 5.65. The zero-order chi connectivity index (χ0) is 26.0. The summed E-state index contributed by atoms with van der Waals surface area (Å²) in [4.78, 5) is 6.70. The number of alkyl halides is 3. The molecule has 1 aliphatic carbocycles. The van der Waals surface area contributed by atoms with Crippen LogP contribution in [0.4, 0.5) is 13.2 Å².